The van der Waals surface area contributed by atoms with E-state index in [0.29, 0.717) is 0 Å². The molecule has 114 valence electrons. The van der Waals surface area contributed by atoms with Gasteiger partial charge >= 0.3 is 0 Å². The smallest absolute Gasteiger partial charge is 0.120 e. The summed E-state index contributed by atoms with van der Waals surface area (Å²) in [6.45, 7) is 8.18. The quantitative estimate of drug-likeness (QED) is 0.635. The van der Waals surface area contributed by atoms with E-state index < -0.39 is 0 Å². The van der Waals surface area contributed by atoms with E-state index >= 15 is 0 Å². The van der Waals surface area contributed by atoms with Gasteiger partial charge in [0.25, 0.3) is 0 Å². The van der Waals surface area contributed by atoms with Gasteiger partial charge in [-0.05, 0) is 45.4 Å². The Kier molecular flexibility index (Phi) is 5.33. The van der Waals surface area contributed by atoms with Crippen molar-refractivity contribution in [2.24, 2.45) is 5.84 Å². The first-order valence-corrected chi connectivity index (χ1v) is 7.97. The van der Waals surface area contributed by atoms with Crippen molar-refractivity contribution in [3.8, 4) is 5.75 Å². The Morgan fingerprint density at radius 3 is 2.67 bits per heavy atom. The third kappa shape index (κ3) is 4.27. The largest absolute Gasteiger partial charge is 0.491 e. The summed E-state index contributed by atoms with van der Waals surface area (Å²) in [5, 5.41) is 1.10. The van der Waals surface area contributed by atoms with Gasteiger partial charge in [-0.2, -0.15) is 0 Å². The van der Waals surface area contributed by atoms with E-state index in [1.54, 1.807) is 11.3 Å². The molecule has 0 spiro atoms. The van der Waals surface area contributed by atoms with E-state index in [0.717, 1.165) is 28.4 Å². The summed E-state index contributed by atoms with van der Waals surface area (Å²) in [5.41, 5.74) is 5.10. The second-order valence-corrected chi connectivity index (χ2v) is 6.70. The van der Waals surface area contributed by atoms with E-state index in [1.165, 1.54) is 4.88 Å². The standard InChI is InChI=1S/C16H23N3OS/c1-10(2)20-14-7-5-6-13(8-14)15(19-17)9-16-18-11(3)12(4)21-16/h5-8,10,15,19H,9,17H2,1-4H3. The molecule has 21 heavy (non-hydrogen) atoms. The molecule has 1 heterocycles. The van der Waals surface area contributed by atoms with Gasteiger partial charge in [0.15, 0.2) is 0 Å². The maximum absolute atomic E-state index is 5.74. The average Bonchev–Trinajstić information content (AvgIpc) is 2.74. The van der Waals surface area contributed by atoms with Gasteiger partial charge in [-0.1, -0.05) is 12.1 Å². The van der Waals surface area contributed by atoms with E-state index in [4.69, 9.17) is 10.6 Å². The Bertz CT molecular complexity index is 575. The molecule has 0 aliphatic rings. The highest BCUT2D eigenvalue weighted by molar-refractivity contribution is 7.11. The van der Waals surface area contributed by atoms with Gasteiger partial charge in [0.05, 0.1) is 22.8 Å². The van der Waals surface area contributed by atoms with E-state index in [1.807, 2.05) is 39.0 Å². The number of benzene rings is 1. The zero-order valence-corrected chi connectivity index (χ0v) is 13.8. The number of aromatic nitrogens is 1. The molecule has 0 saturated heterocycles. The van der Waals surface area contributed by atoms with Crippen LogP contribution >= 0.6 is 11.3 Å². The number of nitrogens with two attached hydrogens (primary N) is 1. The molecule has 0 fully saturated rings. The average molecular weight is 305 g/mol. The Hall–Kier alpha value is -1.43. The number of rotatable bonds is 6. The van der Waals surface area contributed by atoms with Gasteiger partial charge in [0, 0.05) is 11.3 Å². The molecule has 2 rings (SSSR count). The summed E-state index contributed by atoms with van der Waals surface area (Å²) >= 11 is 1.73. The minimum atomic E-state index is 0.0330. The summed E-state index contributed by atoms with van der Waals surface area (Å²) in [6, 6.07) is 8.10. The molecule has 0 radical (unpaired) electrons. The molecule has 4 nitrogen and oxygen atoms in total. The van der Waals surface area contributed by atoms with Crippen LogP contribution in [0.25, 0.3) is 0 Å². The fourth-order valence-corrected chi connectivity index (χ4v) is 3.13. The fourth-order valence-electron chi connectivity index (χ4n) is 2.15. The molecule has 0 aliphatic carbocycles. The van der Waals surface area contributed by atoms with Crippen molar-refractivity contribution in [2.45, 2.75) is 46.3 Å². The molecule has 1 unspecified atom stereocenters. The third-order valence-electron chi connectivity index (χ3n) is 3.28. The number of nitrogens with one attached hydrogen (secondary N) is 1. The number of aryl methyl sites for hydroxylation is 2. The molecule has 2 aromatic rings. The van der Waals surface area contributed by atoms with Gasteiger partial charge in [-0.25, -0.2) is 4.98 Å². The summed E-state index contributed by atoms with van der Waals surface area (Å²) in [5.74, 6) is 6.60. The van der Waals surface area contributed by atoms with Crippen molar-refractivity contribution < 1.29 is 4.74 Å². The fraction of sp³-hybridized carbons (Fsp3) is 0.438. The number of hydrogen-bond donors (Lipinski definition) is 2. The Morgan fingerprint density at radius 1 is 1.33 bits per heavy atom. The Labute approximate surface area is 130 Å². The number of hydrogen-bond acceptors (Lipinski definition) is 5. The maximum atomic E-state index is 5.74. The molecule has 5 heteroatoms. The molecule has 0 bridgehead atoms. The zero-order chi connectivity index (χ0) is 15.4. The lowest BCUT2D eigenvalue weighted by molar-refractivity contribution is 0.242. The molecule has 3 N–H and O–H groups in total. The highest BCUT2D eigenvalue weighted by Crippen LogP contribution is 2.25. The van der Waals surface area contributed by atoms with Crippen LogP contribution in [-0.4, -0.2) is 11.1 Å². The van der Waals surface area contributed by atoms with Crippen molar-refractivity contribution in [2.75, 3.05) is 0 Å². The summed E-state index contributed by atoms with van der Waals surface area (Å²) in [6.07, 6.45) is 0.940. The normalized spacial score (nSPS) is 12.7. The second kappa shape index (κ2) is 7.02. The lowest BCUT2D eigenvalue weighted by Gasteiger charge is -2.17. The van der Waals surface area contributed by atoms with Crippen LogP contribution in [0.3, 0.4) is 0 Å². The highest BCUT2D eigenvalue weighted by Gasteiger charge is 2.14. The zero-order valence-electron chi connectivity index (χ0n) is 13.0. The molecule has 0 amide bonds. The van der Waals surface area contributed by atoms with Gasteiger partial charge in [0.1, 0.15) is 5.75 Å². The monoisotopic (exact) mass is 305 g/mol. The van der Waals surface area contributed by atoms with Crippen LogP contribution < -0.4 is 16.0 Å². The lowest BCUT2D eigenvalue weighted by atomic mass is 10.0. The highest BCUT2D eigenvalue weighted by atomic mass is 32.1. The third-order valence-corrected chi connectivity index (χ3v) is 4.38. The van der Waals surface area contributed by atoms with Crippen molar-refractivity contribution in [3.05, 3.63) is 45.4 Å². The van der Waals surface area contributed by atoms with Crippen molar-refractivity contribution >= 4 is 11.3 Å². The maximum Gasteiger partial charge on any atom is 0.120 e. The predicted molar refractivity (Wildman–Crippen MR) is 87.6 cm³/mol. The summed E-state index contributed by atoms with van der Waals surface area (Å²) in [4.78, 5) is 5.85. The van der Waals surface area contributed by atoms with E-state index in [2.05, 4.69) is 23.4 Å². The van der Waals surface area contributed by atoms with Gasteiger partial charge in [0.2, 0.25) is 0 Å². The van der Waals surface area contributed by atoms with Gasteiger partial charge in [-0.15, -0.1) is 11.3 Å². The first kappa shape index (κ1) is 15.9. The van der Waals surface area contributed by atoms with Crippen LogP contribution in [0.1, 0.15) is 41.0 Å². The number of nitrogens with zero attached hydrogens (tertiary/aromatic N) is 1. The van der Waals surface area contributed by atoms with Crippen LogP contribution in [0.5, 0.6) is 5.75 Å². The van der Waals surface area contributed by atoms with Crippen LogP contribution in [-0.2, 0) is 6.42 Å². The lowest BCUT2D eigenvalue weighted by Crippen LogP contribution is -2.29. The molecule has 1 aromatic heterocycles. The van der Waals surface area contributed by atoms with Gasteiger partial charge in [-0.3, -0.25) is 11.3 Å². The molecule has 1 atom stereocenters. The first-order valence-electron chi connectivity index (χ1n) is 7.15. The summed E-state index contributed by atoms with van der Waals surface area (Å²) < 4.78 is 5.74. The second-order valence-electron chi connectivity index (χ2n) is 5.41. The van der Waals surface area contributed by atoms with E-state index in [-0.39, 0.29) is 12.1 Å². The van der Waals surface area contributed by atoms with Crippen molar-refractivity contribution in [3.63, 3.8) is 0 Å². The van der Waals surface area contributed by atoms with Gasteiger partial charge < -0.3 is 4.74 Å². The topological polar surface area (TPSA) is 60.2 Å². The number of thiazole rings is 1. The SMILES string of the molecule is Cc1nc(CC(NN)c2cccc(OC(C)C)c2)sc1C. The number of hydrazine groups is 1. The van der Waals surface area contributed by atoms with Crippen LogP contribution in [0.15, 0.2) is 24.3 Å². The Morgan fingerprint density at radius 2 is 2.10 bits per heavy atom. The van der Waals surface area contributed by atoms with Crippen LogP contribution in [0.4, 0.5) is 0 Å². The first-order chi connectivity index (χ1) is 9.99. The minimum absolute atomic E-state index is 0.0330. The molecule has 0 aliphatic heterocycles. The molecule has 1 aromatic carbocycles. The molecule has 0 saturated carbocycles. The predicted octanol–water partition coefficient (Wildman–Crippen LogP) is 3.29. The van der Waals surface area contributed by atoms with Crippen LogP contribution in [0.2, 0.25) is 0 Å². The Balaban J connectivity index is 2.16. The number of ether oxygens (including phenoxy) is 1. The summed E-state index contributed by atoms with van der Waals surface area (Å²) in [7, 11) is 0. The van der Waals surface area contributed by atoms with Crippen LogP contribution in [0, 0.1) is 13.8 Å². The van der Waals surface area contributed by atoms with Crippen molar-refractivity contribution in [1.29, 1.82) is 0 Å². The van der Waals surface area contributed by atoms with Crippen molar-refractivity contribution in [1.82, 2.24) is 10.4 Å². The minimum Gasteiger partial charge on any atom is -0.491 e. The van der Waals surface area contributed by atoms with E-state index in [9.17, 15) is 0 Å². The molecular weight excluding hydrogens is 282 g/mol. The molecular formula is C16H23N3OS.